The highest BCUT2D eigenvalue weighted by atomic mass is 31.2. The molecule has 2 N–H and O–H groups in total. The van der Waals surface area contributed by atoms with Gasteiger partial charge in [0.05, 0.1) is 69.8 Å². The number of anilines is 1. The average Bonchev–Trinajstić information content (AvgIpc) is 4.16. The highest BCUT2D eigenvalue weighted by molar-refractivity contribution is 7.43. The Balaban J connectivity index is 1.33. The van der Waals surface area contributed by atoms with Crippen molar-refractivity contribution in [2.45, 2.75) is 109 Å². The first-order valence-electron chi connectivity index (χ1n) is 25.8. The van der Waals surface area contributed by atoms with Gasteiger partial charge in [0, 0.05) is 30.1 Å². The molecule has 76 heavy (non-hydrogen) atoms. The van der Waals surface area contributed by atoms with Crippen LogP contribution < -0.4 is 14.8 Å². The van der Waals surface area contributed by atoms with Crippen LogP contribution in [0.1, 0.15) is 88.2 Å². The molecule has 6 atom stereocenters. The average molecular weight is 1070 g/mol. The number of nitriles is 1. The van der Waals surface area contributed by atoms with Crippen molar-refractivity contribution < 1.29 is 37.2 Å². The van der Waals surface area contributed by atoms with Crippen LogP contribution in [-0.4, -0.2) is 89.1 Å². The number of nitrogens with zero attached hydrogens (tertiary/aromatic N) is 6. The second kappa shape index (κ2) is 24.4. The standard InChI is InChI=1S/C59H72N7O8PSi/c1-40(2)66(41(3)4)75(67)72-37-44(34-60)52-51(38-71-59(45-20-16-13-17-21-45,46-23-27-48(68-8)28-24-46)47-25-29-49(69-9)30-26-47)73-56(54(52)74-76(10,11)58(5,6)7)65-55-53(64-57(65)61-35-43-32-33-70-36-43)50(62-39-63-55)31-22-42-18-14-12-15-19-42/h12-33,36,39-41,44,51-52,54,56,67H,35,37-38H2,1-11H3,(H,61,64)/t44?,51-,52+,54+,56+,75?/m0/s1. The minimum absolute atomic E-state index is 0.0226. The number of nitrogens with one attached hydrogen (secondary N) is 1. The minimum Gasteiger partial charge on any atom is -0.497 e. The first kappa shape index (κ1) is 56.0. The second-order valence-corrected chi connectivity index (χ2v) is 27.1. The number of fused-ring (bicyclic) bond motifs is 1. The van der Waals surface area contributed by atoms with Crippen LogP contribution >= 0.6 is 8.53 Å². The molecule has 1 fully saturated rings. The Kier molecular flexibility index (Phi) is 18.0. The fraction of sp³-hybridized carbons (Fsp3) is 0.390. The van der Waals surface area contributed by atoms with Crippen LogP contribution in [0.25, 0.3) is 23.3 Å². The van der Waals surface area contributed by atoms with Crippen LogP contribution in [0.3, 0.4) is 0 Å². The van der Waals surface area contributed by atoms with E-state index in [1.807, 2.05) is 152 Å². The van der Waals surface area contributed by atoms with Crippen molar-refractivity contribution in [3.05, 3.63) is 168 Å². The summed E-state index contributed by atoms with van der Waals surface area (Å²) in [4.78, 5) is 26.7. The third-order valence-electron chi connectivity index (χ3n) is 14.6. The smallest absolute Gasteiger partial charge is 0.256 e. The summed E-state index contributed by atoms with van der Waals surface area (Å²) in [5.74, 6) is 0.237. The lowest BCUT2D eigenvalue weighted by Crippen LogP contribution is -2.49. The van der Waals surface area contributed by atoms with Gasteiger partial charge in [-0.15, -0.1) is 0 Å². The van der Waals surface area contributed by atoms with Crippen LogP contribution in [-0.2, 0) is 30.6 Å². The van der Waals surface area contributed by atoms with Crippen molar-refractivity contribution in [3.8, 4) is 17.6 Å². The predicted molar refractivity (Wildman–Crippen MR) is 301 cm³/mol. The molecule has 2 unspecified atom stereocenters. The molecule has 400 valence electrons. The minimum atomic E-state index is -2.75. The van der Waals surface area contributed by atoms with Crippen LogP contribution in [0.5, 0.6) is 11.5 Å². The number of hydrogen-bond donors (Lipinski definition) is 2. The van der Waals surface area contributed by atoms with Crippen molar-refractivity contribution >= 4 is 46.1 Å². The molecule has 0 amide bonds. The number of hydrogen-bond acceptors (Lipinski definition) is 14. The SMILES string of the molecule is COc1ccc(C(OC[C@@H]2O[C@@H](n3c(NCc4ccoc4)nc4c(C=Cc5ccccc5)ncnc43)[C@H](O[Si](C)(C)C(C)(C)C)[C@@H]2C(C#N)COP(O)N(C(C)C)C(C)C)(c2ccccc2)c2ccc(OC)cc2)cc1. The maximum absolute atomic E-state index is 11.8. The van der Waals surface area contributed by atoms with Crippen LogP contribution in [0.4, 0.5) is 5.95 Å². The van der Waals surface area contributed by atoms with E-state index in [1.165, 1.54) is 6.33 Å². The molecule has 1 saturated heterocycles. The summed E-state index contributed by atoms with van der Waals surface area (Å²) in [5, 5.41) is 14.9. The molecule has 7 aromatic rings. The zero-order valence-electron chi connectivity index (χ0n) is 45.5. The molecule has 3 aromatic heterocycles. The summed E-state index contributed by atoms with van der Waals surface area (Å²) in [5.41, 5.74) is 4.81. The van der Waals surface area contributed by atoms with Gasteiger partial charge in [-0.25, -0.2) is 19.6 Å². The van der Waals surface area contributed by atoms with Gasteiger partial charge in [0.1, 0.15) is 28.9 Å². The summed E-state index contributed by atoms with van der Waals surface area (Å²) in [6.45, 7) is 19.3. The van der Waals surface area contributed by atoms with E-state index in [0.29, 0.717) is 40.8 Å². The topological polar surface area (TPSA) is 171 Å². The van der Waals surface area contributed by atoms with Crippen molar-refractivity contribution in [2.24, 2.45) is 11.8 Å². The molecule has 0 radical (unpaired) electrons. The van der Waals surface area contributed by atoms with Gasteiger partial charge in [-0.1, -0.05) is 112 Å². The zero-order valence-corrected chi connectivity index (χ0v) is 47.3. The molecule has 0 saturated carbocycles. The first-order valence-corrected chi connectivity index (χ1v) is 29.9. The van der Waals surface area contributed by atoms with E-state index in [2.05, 4.69) is 57.4 Å². The number of methoxy groups -OCH3 is 2. The Hall–Kier alpha value is -6.25. The molecule has 8 rings (SSSR count). The molecule has 0 spiro atoms. The van der Waals surface area contributed by atoms with E-state index >= 15 is 0 Å². The molecule has 4 heterocycles. The number of ether oxygens (including phenoxy) is 4. The highest BCUT2D eigenvalue weighted by Gasteiger charge is 2.55. The van der Waals surface area contributed by atoms with Crippen molar-refractivity contribution in [2.75, 3.05) is 32.8 Å². The Morgan fingerprint density at radius 1 is 0.842 bits per heavy atom. The normalized spacial score (nSPS) is 18.2. The third-order valence-corrected chi connectivity index (χ3v) is 20.7. The lowest BCUT2D eigenvalue weighted by atomic mass is 9.79. The lowest BCUT2D eigenvalue weighted by molar-refractivity contribution is -0.0891. The van der Waals surface area contributed by atoms with Gasteiger partial charge in [-0.3, -0.25) is 4.57 Å². The molecule has 4 aromatic carbocycles. The summed E-state index contributed by atoms with van der Waals surface area (Å²) < 4.78 is 50.1. The Morgan fingerprint density at radius 3 is 2.00 bits per heavy atom. The van der Waals surface area contributed by atoms with Crippen molar-refractivity contribution in [1.82, 2.24) is 24.2 Å². The number of benzene rings is 4. The second-order valence-electron chi connectivity index (χ2n) is 21.1. The number of rotatable bonds is 23. The van der Waals surface area contributed by atoms with Gasteiger partial charge >= 0.3 is 0 Å². The van der Waals surface area contributed by atoms with Crippen molar-refractivity contribution in [3.63, 3.8) is 0 Å². The van der Waals surface area contributed by atoms with E-state index in [0.717, 1.165) is 27.8 Å². The summed E-state index contributed by atoms with van der Waals surface area (Å²) in [6.07, 6.45) is 6.20. The predicted octanol–water partition coefficient (Wildman–Crippen LogP) is 12.6. The van der Waals surface area contributed by atoms with Gasteiger partial charge in [-0.2, -0.15) is 5.26 Å². The van der Waals surface area contributed by atoms with Crippen molar-refractivity contribution in [1.29, 1.82) is 5.26 Å². The third kappa shape index (κ3) is 12.1. The Bertz CT molecular complexity index is 2960. The van der Waals surface area contributed by atoms with E-state index in [4.69, 9.17) is 47.3 Å². The number of imidazole rings is 1. The fourth-order valence-electron chi connectivity index (χ4n) is 9.70. The maximum atomic E-state index is 11.8. The van der Waals surface area contributed by atoms with Crippen LogP contribution in [0.2, 0.25) is 18.1 Å². The molecule has 17 heteroatoms. The summed E-state index contributed by atoms with van der Waals surface area (Å²) >= 11 is 0. The molecule has 1 aliphatic rings. The van der Waals surface area contributed by atoms with Crippen LogP contribution in [0.15, 0.2) is 139 Å². The van der Waals surface area contributed by atoms with Gasteiger partial charge in [0.15, 0.2) is 20.2 Å². The highest BCUT2D eigenvalue weighted by Crippen LogP contribution is 2.51. The van der Waals surface area contributed by atoms with Gasteiger partial charge in [0.25, 0.3) is 8.53 Å². The summed E-state index contributed by atoms with van der Waals surface area (Å²) in [6, 6.07) is 40.3. The monoisotopic (exact) mass is 1070 g/mol. The molecule has 0 bridgehead atoms. The maximum Gasteiger partial charge on any atom is 0.256 e. The Labute approximate surface area is 449 Å². The zero-order chi connectivity index (χ0) is 54.2. The molecule has 1 aliphatic heterocycles. The van der Waals surface area contributed by atoms with Gasteiger partial charge in [-0.05, 0) is 104 Å². The molecular weight excluding hydrogens is 994 g/mol. The molecule has 15 nitrogen and oxygen atoms in total. The van der Waals surface area contributed by atoms with Crippen LogP contribution in [0, 0.1) is 23.2 Å². The summed E-state index contributed by atoms with van der Waals surface area (Å²) in [7, 11) is -1.56. The van der Waals surface area contributed by atoms with E-state index in [-0.39, 0.29) is 30.3 Å². The molecule has 0 aliphatic carbocycles. The van der Waals surface area contributed by atoms with Gasteiger partial charge < -0.3 is 42.5 Å². The number of furan rings is 1. The quantitative estimate of drug-likeness (QED) is 0.0352. The number of aromatic nitrogens is 4. The van der Waals surface area contributed by atoms with E-state index < -0.39 is 52.7 Å². The molecular formula is C59H72N7O8PSi. The first-order chi connectivity index (χ1) is 36.5. The largest absolute Gasteiger partial charge is 0.497 e. The van der Waals surface area contributed by atoms with E-state index in [1.54, 1.807) is 26.7 Å². The van der Waals surface area contributed by atoms with Gasteiger partial charge in [0.2, 0.25) is 5.95 Å². The lowest BCUT2D eigenvalue weighted by Gasteiger charge is -2.42. The van der Waals surface area contributed by atoms with E-state index in [9.17, 15) is 10.2 Å². The Morgan fingerprint density at radius 2 is 1.45 bits per heavy atom. The fourth-order valence-corrected chi connectivity index (χ4v) is 12.2.